The van der Waals surface area contributed by atoms with E-state index in [0.717, 1.165) is 0 Å². The van der Waals surface area contributed by atoms with Crippen molar-refractivity contribution < 1.29 is 20.8 Å². The van der Waals surface area contributed by atoms with Gasteiger partial charge in [-0.3, -0.25) is 0 Å². The zero-order chi connectivity index (χ0) is 9.72. The van der Waals surface area contributed by atoms with E-state index in [4.69, 9.17) is 17.0 Å². The summed E-state index contributed by atoms with van der Waals surface area (Å²) in [4.78, 5) is 0. The first kappa shape index (κ1) is 12.9. The molecule has 3 heteroatoms. The van der Waals surface area contributed by atoms with E-state index in [9.17, 15) is 0 Å². The quantitative estimate of drug-likeness (QED) is 0.623. The SMILES string of the molecule is CC1=C(C)C(C)=C(C)[CH]1.[Cl][Zr][Cl]. The van der Waals surface area contributed by atoms with Gasteiger partial charge >= 0.3 is 37.9 Å². The van der Waals surface area contributed by atoms with Crippen LogP contribution in [0.2, 0.25) is 0 Å². The van der Waals surface area contributed by atoms with E-state index in [1.807, 2.05) is 0 Å². The Balaban J connectivity index is 0.000000354. The van der Waals surface area contributed by atoms with Crippen LogP contribution < -0.4 is 0 Å². The van der Waals surface area contributed by atoms with E-state index in [-0.39, 0.29) is 0 Å². The molecule has 0 atom stereocenters. The van der Waals surface area contributed by atoms with Gasteiger partial charge in [-0.05, 0) is 38.8 Å². The van der Waals surface area contributed by atoms with Crippen molar-refractivity contribution in [2.24, 2.45) is 0 Å². The Hall–Kier alpha value is 0.943. The van der Waals surface area contributed by atoms with E-state index < -0.39 is 20.8 Å². The molecular weight excluding hydrogens is 270 g/mol. The van der Waals surface area contributed by atoms with Crippen LogP contribution in [0.5, 0.6) is 0 Å². The Morgan fingerprint density at radius 2 is 1.17 bits per heavy atom. The molecule has 0 unspecified atom stereocenters. The minimum absolute atomic E-state index is 0.826. The molecule has 1 aliphatic carbocycles. The molecule has 0 amide bonds. The monoisotopic (exact) mass is 281 g/mol. The Morgan fingerprint density at radius 1 is 0.917 bits per heavy atom. The Morgan fingerprint density at radius 3 is 1.25 bits per heavy atom. The predicted molar refractivity (Wildman–Crippen MR) is 52.8 cm³/mol. The first-order valence-corrected chi connectivity index (χ1v) is 10.0. The van der Waals surface area contributed by atoms with Crippen LogP contribution >= 0.6 is 17.0 Å². The summed E-state index contributed by atoms with van der Waals surface area (Å²) in [5.74, 6) is 0. The second kappa shape index (κ2) is 6.40. The molecule has 0 spiro atoms. The van der Waals surface area contributed by atoms with Gasteiger partial charge in [-0.15, -0.1) is 0 Å². The number of hydrogen-bond donors (Lipinski definition) is 0. The van der Waals surface area contributed by atoms with Gasteiger partial charge < -0.3 is 0 Å². The van der Waals surface area contributed by atoms with Crippen LogP contribution in [-0.2, 0) is 20.8 Å². The molecule has 0 aromatic carbocycles. The molecule has 1 rings (SSSR count). The summed E-state index contributed by atoms with van der Waals surface area (Å²) in [6.07, 6.45) is 2.24. The van der Waals surface area contributed by atoms with Gasteiger partial charge in [0.25, 0.3) is 0 Å². The van der Waals surface area contributed by atoms with Crippen LogP contribution in [0.4, 0.5) is 0 Å². The van der Waals surface area contributed by atoms with Crippen molar-refractivity contribution >= 4 is 17.0 Å². The van der Waals surface area contributed by atoms with E-state index in [2.05, 4.69) is 34.1 Å². The van der Waals surface area contributed by atoms with Crippen LogP contribution in [0.1, 0.15) is 27.7 Å². The summed E-state index contributed by atoms with van der Waals surface area (Å²) in [6, 6.07) is 0. The Labute approximate surface area is 93.7 Å². The van der Waals surface area contributed by atoms with E-state index >= 15 is 0 Å². The molecule has 12 heavy (non-hydrogen) atoms. The average Bonchev–Trinajstić information content (AvgIpc) is 2.20. The average molecular weight is 283 g/mol. The summed E-state index contributed by atoms with van der Waals surface area (Å²) in [6.45, 7) is 8.68. The van der Waals surface area contributed by atoms with Crippen LogP contribution in [0.3, 0.4) is 0 Å². The molecule has 0 heterocycles. The van der Waals surface area contributed by atoms with Gasteiger partial charge in [0.05, 0.1) is 0 Å². The fourth-order valence-corrected chi connectivity index (χ4v) is 1.13. The van der Waals surface area contributed by atoms with Crippen molar-refractivity contribution in [2.45, 2.75) is 27.7 Å². The summed E-state index contributed by atoms with van der Waals surface area (Å²) < 4.78 is 0. The molecule has 0 aromatic heterocycles. The van der Waals surface area contributed by atoms with Gasteiger partial charge in [0, 0.05) is 6.42 Å². The van der Waals surface area contributed by atoms with E-state index in [1.165, 1.54) is 22.3 Å². The Bertz CT molecular complexity index is 195. The molecule has 67 valence electrons. The maximum atomic E-state index is 4.93. The zero-order valence-corrected chi connectivity index (χ0v) is 11.8. The van der Waals surface area contributed by atoms with E-state index in [0.29, 0.717) is 0 Å². The van der Waals surface area contributed by atoms with Crippen molar-refractivity contribution in [3.63, 3.8) is 0 Å². The van der Waals surface area contributed by atoms with Crippen LogP contribution in [0.15, 0.2) is 22.3 Å². The number of allylic oxidation sites excluding steroid dienone is 4. The van der Waals surface area contributed by atoms with Gasteiger partial charge in [0.2, 0.25) is 0 Å². The molecular formula is C9H13Cl2Zr. The minimum atomic E-state index is -0.826. The molecule has 1 aliphatic rings. The third-order valence-electron chi connectivity index (χ3n) is 2.18. The van der Waals surface area contributed by atoms with Crippen molar-refractivity contribution in [1.82, 2.24) is 0 Å². The molecule has 0 nitrogen and oxygen atoms in total. The van der Waals surface area contributed by atoms with E-state index in [1.54, 1.807) is 0 Å². The first-order chi connectivity index (χ1) is 5.54. The summed E-state index contributed by atoms with van der Waals surface area (Å²) in [5, 5.41) is 0. The van der Waals surface area contributed by atoms with Gasteiger partial charge in [-0.25, -0.2) is 0 Å². The second-order valence-corrected chi connectivity index (χ2v) is 6.56. The van der Waals surface area contributed by atoms with Gasteiger partial charge in [-0.1, -0.05) is 11.1 Å². The molecule has 0 saturated heterocycles. The Kier molecular flexibility index (Phi) is 6.91. The molecule has 0 saturated carbocycles. The van der Waals surface area contributed by atoms with Crippen molar-refractivity contribution in [3.05, 3.63) is 28.7 Å². The van der Waals surface area contributed by atoms with Gasteiger partial charge in [0.1, 0.15) is 0 Å². The van der Waals surface area contributed by atoms with Crippen LogP contribution in [0, 0.1) is 6.42 Å². The topological polar surface area (TPSA) is 0 Å². The maximum absolute atomic E-state index is 4.93. The standard InChI is InChI=1S/C9H13.2ClH.Zr/c1-6-5-7(2)9(4)8(6)3;;;/h5H,1-4H3;2*1H;/q;;;+2/p-2. The fraction of sp³-hybridized carbons (Fsp3) is 0.444. The number of hydrogen-bond acceptors (Lipinski definition) is 0. The molecule has 0 aliphatic heterocycles. The summed E-state index contributed by atoms with van der Waals surface area (Å²) in [5.41, 5.74) is 5.75. The normalized spacial score (nSPS) is 16.2. The van der Waals surface area contributed by atoms with Gasteiger partial charge in [0.15, 0.2) is 0 Å². The van der Waals surface area contributed by atoms with Crippen molar-refractivity contribution in [2.75, 3.05) is 0 Å². The summed E-state index contributed by atoms with van der Waals surface area (Å²) >= 11 is -0.826. The fourth-order valence-electron chi connectivity index (χ4n) is 1.13. The third-order valence-corrected chi connectivity index (χ3v) is 2.18. The molecule has 0 fully saturated rings. The molecule has 0 N–H and O–H groups in total. The third kappa shape index (κ3) is 3.77. The number of halogens is 2. The molecule has 0 bridgehead atoms. The zero-order valence-electron chi connectivity index (χ0n) is 7.83. The molecule has 0 aromatic rings. The predicted octanol–water partition coefficient (Wildman–Crippen LogP) is 4.25. The van der Waals surface area contributed by atoms with Crippen molar-refractivity contribution in [3.8, 4) is 0 Å². The van der Waals surface area contributed by atoms with Crippen LogP contribution in [-0.4, -0.2) is 0 Å². The van der Waals surface area contributed by atoms with Crippen molar-refractivity contribution in [1.29, 1.82) is 0 Å². The van der Waals surface area contributed by atoms with Crippen LogP contribution in [0.25, 0.3) is 0 Å². The summed E-state index contributed by atoms with van der Waals surface area (Å²) in [7, 11) is 9.87. The second-order valence-electron chi connectivity index (χ2n) is 2.83. The van der Waals surface area contributed by atoms with Gasteiger partial charge in [-0.2, -0.15) is 0 Å². The number of rotatable bonds is 0. The first-order valence-electron chi connectivity index (χ1n) is 3.71. The molecule has 1 radical (unpaired) electrons.